The lowest BCUT2D eigenvalue weighted by Gasteiger charge is -2.16. The smallest absolute Gasteiger partial charge is 0.115 e. The van der Waals surface area contributed by atoms with Crippen molar-refractivity contribution in [3.8, 4) is 11.8 Å². The topological polar surface area (TPSA) is 25.8 Å². The average Bonchev–Trinajstić information content (AvgIpc) is 2.46. The summed E-state index contributed by atoms with van der Waals surface area (Å²) in [5.74, 6) is 6.40. The molecule has 0 fully saturated rings. The Morgan fingerprint density at radius 2 is 1.78 bits per heavy atom. The van der Waals surface area contributed by atoms with Crippen LogP contribution in [0.3, 0.4) is 0 Å². The number of rotatable bonds is 0. The summed E-state index contributed by atoms with van der Waals surface area (Å²) in [6.07, 6.45) is 9.95. The van der Waals surface area contributed by atoms with Gasteiger partial charge in [0.25, 0.3) is 0 Å². The van der Waals surface area contributed by atoms with E-state index in [0.717, 1.165) is 17.5 Å². The Bertz CT molecular complexity index is 606. The van der Waals surface area contributed by atoms with Crippen LogP contribution in [0.4, 0.5) is 0 Å². The molecule has 2 aromatic rings. The molecular weight excluding hydrogens is 220 g/mol. The number of benzene rings is 1. The summed E-state index contributed by atoms with van der Waals surface area (Å²) in [5, 5.41) is 0. The molecule has 0 atom stereocenters. The third-order valence-electron chi connectivity index (χ3n) is 3.30. The van der Waals surface area contributed by atoms with Crippen molar-refractivity contribution in [2.24, 2.45) is 0 Å². The molecule has 0 radical (unpaired) electrons. The van der Waals surface area contributed by atoms with Crippen LogP contribution in [0, 0.1) is 11.8 Å². The Labute approximate surface area is 107 Å². The lowest BCUT2D eigenvalue weighted by Crippen LogP contribution is -2.04. The van der Waals surface area contributed by atoms with Crippen LogP contribution < -0.4 is 0 Å². The predicted molar refractivity (Wildman–Crippen MR) is 71.1 cm³/mol. The summed E-state index contributed by atoms with van der Waals surface area (Å²) in [5.41, 5.74) is 4.94. The van der Waals surface area contributed by atoms with E-state index in [4.69, 9.17) is 0 Å². The van der Waals surface area contributed by atoms with Crippen LogP contribution in [0.2, 0.25) is 0 Å². The molecule has 0 saturated heterocycles. The molecule has 0 spiro atoms. The Morgan fingerprint density at radius 1 is 0.944 bits per heavy atom. The van der Waals surface area contributed by atoms with Gasteiger partial charge in [-0.2, -0.15) is 0 Å². The van der Waals surface area contributed by atoms with Crippen molar-refractivity contribution in [3.63, 3.8) is 0 Å². The molecular formula is C16H14N2. The Balaban J connectivity index is 1.97. The van der Waals surface area contributed by atoms with Gasteiger partial charge in [-0.15, -0.1) is 0 Å². The quantitative estimate of drug-likeness (QED) is 0.655. The number of hydrogen-bond acceptors (Lipinski definition) is 2. The molecule has 1 aliphatic carbocycles. The van der Waals surface area contributed by atoms with E-state index in [1.807, 2.05) is 0 Å². The summed E-state index contributed by atoms with van der Waals surface area (Å²) >= 11 is 0. The monoisotopic (exact) mass is 234 g/mol. The van der Waals surface area contributed by atoms with Crippen molar-refractivity contribution >= 4 is 0 Å². The molecule has 18 heavy (non-hydrogen) atoms. The zero-order chi connectivity index (χ0) is 12.2. The van der Waals surface area contributed by atoms with Crippen molar-refractivity contribution in [2.75, 3.05) is 0 Å². The lowest BCUT2D eigenvalue weighted by atomic mass is 9.88. The molecule has 0 bridgehead atoms. The van der Waals surface area contributed by atoms with E-state index in [9.17, 15) is 0 Å². The summed E-state index contributed by atoms with van der Waals surface area (Å²) in [7, 11) is 0. The van der Waals surface area contributed by atoms with Gasteiger partial charge in [-0.1, -0.05) is 24.0 Å². The highest BCUT2D eigenvalue weighted by molar-refractivity contribution is 5.49. The molecule has 1 aliphatic rings. The van der Waals surface area contributed by atoms with E-state index in [2.05, 4.69) is 40.0 Å². The van der Waals surface area contributed by atoms with E-state index in [1.54, 1.807) is 12.4 Å². The van der Waals surface area contributed by atoms with Gasteiger partial charge in [-0.05, 0) is 42.9 Å². The molecule has 0 saturated carbocycles. The molecule has 2 nitrogen and oxygen atoms in total. The summed E-state index contributed by atoms with van der Waals surface area (Å²) in [6, 6.07) is 6.45. The Kier molecular flexibility index (Phi) is 3.06. The van der Waals surface area contributed by atoms with E-state index < -0.39 is 0 Å². The van der Waals surface area contributed by atoms with Crippen LogP contribution in [-0.4, -0.2) is 9.97 Å². The first-order valence-corrected chi connectivity index (χ1v) is 6.31. The minimum absolute atomic E-state index is 0.867. The zero-order valence-electron chi connectivity index (χ0n) is 10.2. The SMILES string of the molecule is C(#Cc1cccc2c1CCCC2)c1cncnc1. The number of aromatic nitrogens is 2. The molecule has 0 unspecified atom stereocenters. The molecule has 0 aliphatic heterocycles. The molecule has 0 amide bonds. The van der Waals surface area contributed by atoms with E-state index >= 15 is 0 Å². The number of aryl methyl sites for hydroxylation is 1. The molecule has 1 aromatic carbocycles. The molecule has 1 heterocycles. The maximum absolute atomic E-state index is 3.97. The van der Waals surface area contributed by atoms with Crippen LogP contribution >= 0.6 is 0 Å². The standard InChI is InChI=1S/C16H14N2/c1-2-7-16-14(4-1)5-3-6-15(16)9-8-13-10-17-12-18-11-13/h3,5-6,10-12H,1-2,4,7H2. The van der Waals surface area contributed by atoms with Crippen molar-refractivity contribution in [3.05, 3.63) is 59.2 Å². The molecule has 2 heteroatoms. The number of nitrogens with zero attached hydrogens (tertiary/aromatic N) is 2. The highest BCUT2D eigenvalue weighted by Gasteiger charge is 2.11. The maximum Gasteiger partial charge on any atom is 0.115 e. The average molecular weight is 234 g/mol. The van der Waals surface area contributed by atoms with Gasteiger partial charge in [0.2, 0.25) is 0 Å². The fourth-order valence-corrected chi connectivity index (χ4v) is 2.40. The van der Waals surface area contributed by atoms with Crippen molar-refractivity contribution in [1.82, 2.24) is 9.97 Å². The van der Waals surface area contributed by atoms with Crippen LogP contribution in [0.15, 0.2) is 36.9 Å². The predicted octanol–water partition coefficient (Wildman–Crippen LogP) is 2.76. The first-order valence-electron chi connectivity index (χ1n) is 6.31. The highest BCUT2D eigenvalue weighted by atomic mass is 14.8. The largest absolute Gasteiger partial charge is 0.244 e. The maximum atomic E-state index is 3.97. The van der Waals surface area contributed by atoms with Gasteiger partial charge >= 0.3 is 0 Å². The van der Waals surface area contributed by atoms with Crippen LogP contribution in [-0.2, 0) is 12.8 Å². The Hall–Kier alpha value is -2.14. The summed E-state index contributed by atoms with van der Waals surface area (Å²) in [4.78, 5) is 7.94. The van der Waals surface area contributed by atoms with Crippen LogP contribution in [0.5, 0.6) is 0 Å². The first-order chi connectivity index (χ1) is 8.93. The second kappa shape index (κ2) is 5.01. The summed E-state index contributed by atoms with van der Waals surface area (Å²) in [6.45, 7) is 0. The normalized spacial score (nSPS) is 13.3. The van der Waals surface area contributed by atoms with E-state index in [1.165, 1.54) is 36.7 Å². The molecule has 88 valence electrons. The zero-order valence-corrected chi connectivity index (χ0v) is 10.2. The van der Waals surface area contributed by atoms with Gasteiger partial charge in [0.1, 0.15) is 6.33 Å². The number of hydrogen-bond donors (Lipinski definition) is 0. The second-order valence-electron chi connectivity index (χ2n) is 4.53. The third-order valence-corrected chi connectivity index (χ3v) is 3.30. The van der Waals surface area contributed by atoms with Gasteiger partial charge in [0.05, 0.1) is 5.56 Å². The minimum atomic E-state index is 0.867. The second-order valence-corrected chi connectivity index (χ2v) is 4.53. The van der Waals surface area contributed by atoms with Crippen molar-refractivity contribution in [2.45, 2.75) is 25.7 Å². The van der Waals surface area contributed by atoms with Gasteiger partial charge in [-0.3, -0.25) is 0 Å². The van der Waals surface area contributed by atoms with Gasteiger partial charge in [0, 0.05) is 18.0 Å². The highest BCUT2D eigenvalue weighted by Crippen LogP contribution is 2.23. The van der Waals surface area contributed by atoms with Crippen LogP contribution in [0.25, 0.3) is 0 Å². The van der Waals surface area contributed by atoms with E-state index in [0.29, 0.717) is 0 Å². The molecule has 0 N–H and O–H groups in total. The van der Waals surface area contributed by atoms with Crippen LogP contribution in [0.1, 0.15) is 35.1 Å². The summed E-state index contributed by atoms with van der Waals surface area (Å²) < 4.78 is 0. The Morgan fingerprint density at radius 3 is 2.67 bits per heavy atom. The third kappa shape index (κ3) is 2.26. The minimum Gasteiger partial charge on any atom is -0.244 e. The van der Waals surface area contributed by atoms with Crippen molar-refractivity contribution < 1.29 is 0 Å². The van der Waals surface area contributed by atoms with E-state index in [-0.39, 0.29) is 0 Å². The van der Waals surface area contributed by atoms with Gasteiger partial charge in [0.15, 0.2) is 0 Å². The first kappa shape index (κ1) is 11.0. The van der Waals surface area contributed by atoms with Gasteiger partial charge < -0.3 is 0 Å². The van der Waals surface area contributed by atoms with Gasteiger partial charge in [-0.25, -0.2) is 9.97 Å². The fourth-order valence-electron chi connectivity index (χ4n) is 2.40. The molecule has 1 aromatic heterocycles. The van der Waals surface area contributed by atoms with Crippen molar-refractivity contribution in [1.29, 1.82) is 0 Å². The fraction of sp³-hybridized carbons (Fsp3) is 0.250. The lowest BCUT2D eigenvalue weighted by molar-refractivity contribution is 0.684. The molecule has 3 rings (SSSR count). The number of fused-ring (bicyclic) bond motifs is 1.